The molecular formula is C13H16ClN3. The number of nitrogens with zero attached hydrogens (tertiary/aromatic N) is 2. The summed E-state index contributed by atoms with van der Waals surface area (Å²) in [6, 6.07) is 7.97. The molecule has 3 nitrogen and oxygen atoms in total. The third kappa shape index (κ3) is 2.61. The maximum atomic E-state index is 6.01. The summed E-state index contributed by atoms with van der Waals surface area (Å²) in [5.41, 5.74) is 3.57. The molecule has 0 fully saturated rings. The smallest absolute Gasteiger partial charge is 0.148 e. The zero-order valence-corrected chi connectivity index (χ0v) is 11.0. The van der Waals surface area contributed by atoms with Crippen LogP contribution >= 0.6 is 11.6 Å². The number of anilines is 1. The zero-order chi connectivity index (χ0) is 12.4. The van der Waals surface area contributed by atoms with Crippen LogP contribution in [-0.2, 0) is 6.54 Å². The van der Waals surface area contributed by atoms with Crippen LogP contribution in [0.5, 0.6) is 0 Å². The highest BCUT2D eigenvalue weighted by molar-refractivity contribution is 6.30. The van der Waals surface area contributed by atoms with Crippen LogP contribution in [0.15, 0.2) is 24.3 Å². The Morgan fingerprint density at radius 2 is 2.06 bits per heavy atom. The number of aryl methyl sites for hydroxylation is 2. The molecule has 0 aliphatic rings. The van der Waals surface area contributed by atoms with Crippen molar-refractivity contribution in [1.82, 2.24) is 9.78 Å². The fourth-order valence-corrected chi connectivity index (χ4v) is 1.96. The second-order valence-electron chi connectivity index (χ2n) is 4.15. The van der Waals surface area contributed by atoms with E-state index in [0.29, 0.717) is 0 Å². The minimum atomic E-state index is 0.750. The Kier molecular flexibility index (Phi) is 3.38. The van der Waals surface area contributed by atoms with Crippen LogP contribution in [-0.4, -0.2) is 16.8 Å². The Labute approximate surface area is 106 Å². The maximum absolute atomic E-state index is 6.01. The number of rotatable bonds is 3. The van der Waals surface area contributed by atoms with Crippen molar-refractivity contribution in [3.63, 3.8) is 0 Å². The molecule has 0 radical (unpaired) electrons. The van der Waals surface area contributed by atoms with Crippen molar-refractivity contribution in [1.29, 1.82) is 0 Å². The van der Waals surface area contributed by atoms with E-state index < -0.39 is 0 Å². The molecule has 0 aliphatic carbocycles. The largest absolute Gasteiger partial charge is 0.372 e. The summed E-state index contributed by atoms with van der Waals surface area (Å²) in [6.45, 7) is 4.89. The molecule has 1 aromatic carbocycles. The Hall–Kier alpha value is -1.48. The summed E-state index contributed by atoms with van der Waals surface area (Å²) in [4.78, 5) is 0. The quantitative estimate of drug-likeness (QED) is 0.905. The second kappa shape index (κ2) is 4.80. The molecule has 0 bridgehead atoms. The molecular weight excluding hydrogens is 234 g/mol. The van der Waals surface area contributed by atoms with E-state index in [9.17, 15) is 0 Å². The van der Waals surface area contributed by atoms with Crippen molar-refractivity contribution in [2.75, 3.05) is 12.4 Å². The molecule has 17 heavy (non-hydrogen) atoms. The van der Waals surface area contributed by atoms with E-state index in [1.165, 1.54) is 11.1 Å². The van der Waals surface area contributed by atoms with Gasteiger partial charge in [0.15, 0.2) is 0 Å². The summed E-state index contributed by atoms with van der Waals surface area (Å²) in [5.74, 6) is 0.891. The van der Waals surface area contributed by atoms with Crippen LogP contribution in [0.4, 0.5) is 5.82 Å². The van der Waals surface area contributed by atoms with Gasteiger partial charge in [0.05, 0.1) is 6.54 Å². The average Bonchev–Trinajstić information content (AvgIpc) is 2.65. The first-order valence-electron chi connectivity index (χ1n) is 5.57. The van der Waals surface area contributed by atoms with Crippen LogP contribution in [0.2, 0.25) is 5.02 Å². The highest BCUT2D eigenvalue weighted by Gasteiger charge is 2.06. The summed E-state index contributed by atoms with van der Waals surface area (Å²) in [6.07, 6.45) is 0. The third-order valence-corrected chi connectivity index (χ3v) is 3.10. The SMILES string of the molecule is CNc1cc(C)n(Cc2cc(Cl)ccc2C)n1. The molecule has 0 amide bonds. The number of hydrogen-bond donors (Lipinski definition) is 1. The van der Waals surface area contributed by atoms with Crippen molar-refractivity contribution < 1.29 is 0 Å². The molecule has 2 rings (SSSR count). The molecule has 90 valence electrons. The van der Waals surface area contributed by atoms with Gasteiger partial charge in [0.1, 0.15) is 5.82 Å². The fraction of sp³-hybridized carbons (Fsp3) is 0.308. The Morgan fingerprint density at radius 3 is 2.71 bits per heavy atom. The summed E-state index contributed by atoms with van der Waals surface area (Å²) < 4.78 is 1.98. The predicted octanol–water partition coefficient (Wildman–Crippen LogP) is 3.24. The predicted molar refractivity (Wildman–Crippen MR) is 71.8 cm³/mol. The monoisotopic (exact) mass is 249 g/mol. The van der Waals surface area contributed by atoms with E-state index in [1.54, 1.807) is 0 Å². The highest BCUT2D eigenvalue weighted by atomic mass is 35.5. The molecule has 4 heteroatoms. The summed E-state index contributed by atoms with van der Waals surface area (Å²) >= 11 is 6.01. The first-order valence-corrected chi connectivity index (χ1v) is 5.95. The topological polar surface area (TPSA) is 29.9 Å². The lowest BCUT2D eigenvalue weighted by Gasteiger charge is -2.08. The molecule has 2 aromatic rings. The Morgan fingerprint density at radius 1 is 1.29 bits per heavy atom. The van der Waals surface area contributed by atoms with Gasteiger partial charge in [-0.1, -0.05) is 17.7 Å². The van der Waals surface area contributed by atoms with E-state index in [4.69, 9.17) is 11.6 Å². The van der Waals surface area contributed by atoms with Crippen LogP contribution < -0.4 is 5.32 Å². The van der Waals surface area contributed by atoms with Crippen molar-refractivity contribution in [2.45, 2.75) is 20.4 Å². The van der Waals surface area contributed by atoms with Gasteiger partial charge in [-0.15, -0.1) is 0 Å². The van der Waals surface area contributed by atoms with Gasteiger partial charge >= 0.3 is 0 Å². The van der Waals surface area contributed by atoms with Gasteiger partial charge in [0.25, 0.3) is 0 Å². The van der Waals surface area contributed by atoms with Crippen LogP contribution in [0.3, 0.4) is 0 Å². The molecule has 1 heterocycles. The molecule has 0 saturated heterocycles. The third-order valence-electron chi connectivity index (χ3n) is 2.87. The summed E-state index contributed by atoms with van der Waals surface area (Å²) in [7, 11) is 1.87. The molecule has 0 saturated carbocycles. The van der Waals surface area contributed by atoms with Crippen LogP contribution in [0.1, 0.15) is 16.8 Å². The number of benzene rings is 1. The van der Waals surface area contributed by atoms with Crippen molar-refractivity contribution in [3.05, 3.63) is 46.1 Å². The maximum Gasteiger partial charge on any atom is 0.148 e. The van der Waals surface area contributed by atoms with E-state index in [0.717, 1.165) is 23.1 Å². The zero-order valence-electron chi connectivity index (χ0n) is 10.3. The molecule has 1 N–H and O–H groups in total. The highest BCUT2D eigenvalue weighted by Crippen LogP contribution is 2.18. The average molecular weight is 250 g/mol. The van der Waals surface area contributed by atoms with Crippen LogP contribution in [0, 0.1) is 13.8 Å². The molecule has 1 aromatic heterocycles. The number of nitrogens with one attached hydrogen (secondary N) is 1. The van der Waals surface area contributed by atoms with E-state index in [-0.39, 0.29) is 0 Å². The first kappa shape index (κ1) is 12.0. The van der Waals surface area contributed by atoms with Crippen molar-refractivity contribution >= 4 is 17.4 Å². The first-order chi connectivity index (χ1) is 8.10. The summed E-state index contributed by atoms with van der Waals surface area (Å²) in [5, 5.41) is 8.27. The fourth-order valence-electron chi connectivity index (χ4n) is 1.76. The molecule has 0 atom stereocenters. The number of hydrogen-bond acceptors (Lipinski definition) is 2. The second-order valence-corrected chi connectivity index (χ2v) is 4.59. The Bertz CT molecular complexity index is 531. The van der Waals surface area contributed by atoms with Gasteiger partial charge in [-0.2, -0.15) is 5.10 Å². The Balaban J connectivity index is 2.30. The number of halogens is 1. The van der Waals surface area contributed by atoms with Crippen molar-refractivity contribution in [3.8, 4) is 0 Å². The van der Waals surface area contributed by atoms with E-state index in [2.05, 4.69) is 17.3 Å². The molecule has 0 aliphatic heterocycles. The standard InChI is InChI=1S/C13H16ClN3/c1-9-4-5-12(14)7-11(9)8-17-10(2)6-13(15-3)16-17/h4-7H,8H2,1-3H3,(H,15,16). The lowest BCUT2D eigenvalue weighted by Crippen LogP contribution is -2.05. The minimum absolute atomic E-state index is 0.750. The van der Waals surface area contributed by atoms with E-state index in [1.807, 2.05) is 42.9 Å². The van der Waals surface area contributed by atoms with Gasteiger partial charge in [0, 0.05) is 23.8 Å². The lowest BCUT2D eigenvalue weighted by atomic mass is 10.1. The van der Waals surface area contributed by atoms with Gasteiger partial charge in [-0.3, -0.25) is 4.68 Å². The van der Waals surface area contributed by atoms with Gasteiger partial charge in [-0.05, 0) is 37.1 Å². The molecule has 0 spiro atoms. The lowest BCUT2D eigenvalue weighted by molar-refractivity contribution is 0.665. The van der Waals surface area contributed by atoms with Gasteiger partial charge in [-0.25, -0.2) is 0 Å². The normalized spacial score (nSPS) is 10.6. The van der Waals surface area contributed by atoms with Gasteiger partial charge < -0.3 is 5.32 Å². The minimum Gasteiger partial charge on any atom is -0.372 e. The molecule has 0 unspecified atom stereocenters. The van der Waals surface area contributed by atoms with E-state index >= 15 is 0 Å². The number of aromatic nitrogens is 2. The van der Waals surface area contributed by atoms with Crippen molar-refractivity contribution in [2.24, 2.45) is 0 Å². The van der Waals surface area contributed by atoms with Crippen LogP contribution in [0.25, 0.3) is 0 Å². The van der Waals surface area contributed by atoms with Gasteiger partial charge in [0.2, 0.25) is 0 Å².